The summed E-state index contributed by atoms with van der Waals surface area (Å²) in [6, 6.07) is 12.2. The van der Waals surface area contributed by atoms with Crippen LogP contribution in [0.3, 0.4) is 0 Å². The maximum Gasteiger partial charge on any atom is 0.318 e. The number of benzene rings is 1. The van der Waals surface area contributed by atoms with Crippen LogP contribution in [-0.4, -0.2) is 38.6 Å². The number of hydrogen-bond acceptors (Lipinski definition) is 3. The number of nitrogens with one attached hydrogen (secondary N) is 1. The third-order valence-corrected chi connectivity index (χ3v) is 4.50. The van der Waals surface area contributed by atoms with Gasteiger partial charge in [-0.05, 0) is 30.2 Å². The quantitative estimate of drug-likeness (QED) is 0.789. The van der Waals surface area contributed by atoms with Crippen LogP contribution in [0.1, 0.15) is 17.8 Å². The predicted molar refractivity (Wildman–Crippen MR) is 95.8 cm³/mol. The van der Waals surface area contributed by atoms with Crippen LogP contribution in [0.2, 0.25) is 0 Å². The van der Waals surface area contributed by atoms with Crippen LogP contribution in [0.15, 0.2) is 54.7 Å². The number of nitrogens with zero attached hydrogens (tertiary/aromatic N) is 4. The van der Waals surface area contributed by atoms with Gasteiger partial charge in [-0.1, -0.05) is 30.3 Å². The van der Waals surface area contributed by atoms with E-state index in [2.05, 4.69) is 15.5 Å². The topological polar surface area (TPSA) is 62.5 Å². The molecule has 0 unspecified atom stereocenters. The summed E-state index contributed by atoms with van der Waals surface area (Å²) in [7, 11) is 0. The van der Waals surface area contributed by atoms with Gasteiger partial charge in [0.05, 0.1) is 6.54 Å². The van der Waals surface area contributed by atoms with Crippen LogP contribution < -0.4 is 5.32 Å². The molecule has 3 aromatic rings. The van der Waals surface area contributed by atoms with Gasteiger partial charge in [-0.25, -0.2) is 9.18 Å². The smallest absolute Gasteiger partial charge is 0.318 e. The maximum absolute atomic E-state index is 13.9. The molecule has 0 radical (unpaired) electrons. The molecule has 0 spiro atoms. The molecule has 1 aromatic carbocycles. The zero-order valence-corrected chi connectivity index (χ0v) is 14.1. The lowest BCUT2D eigenvalue weighted by atomic mass is 9.99. The summed E-state index contributed by atoms with van der Waals surface area (Å²) in [5.41, 5.74) is 2.30. The second kappa shape index (κ2) is 6.95. The van der Waals surface area contributed by atoms with Gasteiger partial charge in [0.1, 0.15) is 5.82 Å². The third kappa shape index (κ3) is 3.15. The third-order valence-electron chi connectivity index (χ3n) is 4.50. The van der Waals surface area contributed by atoms with E-state index in [0.29, 0.717) is 37.4 Å². The summed E-state index contributed by atoms with van der Waals surface area (Å²) >= 11 is 0. The fourth-order valence-corrected chi connectivity index (χ4v) is 3.10. The SMILES string of the molecule is O=C(NCc1nnc2ccccn12)N1CC=C(c2ccccc2F)CC1. The zero-order chi connectivity index (χ0) is 17.9. The summed E-state index contributed by atoms with van der Waals surface area (Å²) in [5, 5.41) is 11.0. The van der Waals surface area contributed by atoms with E-state index in [9.17, 15) is 9.18 Å². The van der Waals surface area contributed by atoms with Crippen LogP contribution >= 0.6 is 0 Å². The number of carbonyl (C=O) groups excluding carboxylic acids is 1. The average Bonchev–Trinajstić information content (AvgIpc) is 3.10. The monoisotopic (exact) mass is 351 g/mol. The van der Waals surface area contributed by atoms with E-state index < -0.39 is 0 Å². The van der Waals surface area contributed by atoms with Crippen LogP contribution in [0.25, 0.3) is 11.2 Å². The first kappa shape index (κ1) is 16.3. The van der Waals surface area contributed by atoms with Crippen LogP contribution in [0.5, 0.6) is 0 Å². The van der Waals surface area contributed by atoms with Crippen molar-refractivity contribution in [1.82, 2.24) is 24.8 Å². The van der Waals surface area contributed by atoms with Crippen molar-refractivity contribution in [3.8, 4) is 0 Å². The van der Waals surface area contributed by atoms with E-state index in [-0.39, 0.29) is 11.8 Å². The van der Waals surface area contributed by atoms with Crippen molar-refractivity contribution in [2.75, 3.05) is 13.1 Å². The van der Waals surface area contributed by atoms with Crippen molar-refractivity contribution in [2.24, 2.45) is 0 Å². The minimum Gasteiger partial charge on any atom is -0.331 e. The molecule has 0 aliphatic carbocycles. The average molecular weight is 351 g/mol. The molecule has 2 amide bonds. The Morgan fingerprint density at radius 1 is 1.15 bits per heavy atom. The van der Waals surface area contributed by atoms with E-state index in [1.54, 1.807) is 17.0 Å². The lowest BCUT2D eigenvalue weighted by Gasteiger charge is -2.26. The Morgan fingerprint density at radius 2 is 2.00 bits per heavy atom. The Hall–Kier alpha value is -3.22. The number of hydrogen-bond donors (Lipinski definition) is 1. The van der Waals surface area contributed by atoms with Crippen LogP contribution in [0.4, 0.5) is 9.18 Å². The van der Waals surface area contributed by atoms with Gasteiger partial charge >= 0.3 is 6.03 Å². The summed E-state index contributed by atoms with van der Waals surface area (Å²) in [4.78, 5) is 14.1. The molecule has 0 saturated carbocycles. The van der Waals surface area contributed by atoms with Crippen molar-refractivity contribution < 1.29 is 9.18 Å². The molecular weight excluding hydrogens is 333 g/mol. The van der Waals surface area contributed by atoms with Gasteiger partial charge in [0.25, 0.3) is 0 Å². The molecule has 0 bridgehead atoms. The van der Waals surface area contributed by atoms with Gasteiger partial charge in [-0.3, -0.25) is 4.40 Å². The van der Waals surface area contributed by atoms with Gasteiger partial charge in [-0.15, -0.1) is 10.2 Å². The molecule has 7 heteroatoms. The summed E-state index contributed by atoms with van der Waals surface area (Å²) < 4.78 is 15.7. The molecule has 4 rings (SSSR count). The summed E-state index contributed by atoms with van der Waals surface area (Å²) in [5.74, 6) is 0.448. The van der Waals surface area contributed by atoms with Crippen molar-refractivity contribution in [2.45, 2.75) is 13.0 Å². The van der Waals surface area contributed by atoms with Gasteiger partial charge < -0.3 is 10.2 Å². The molecule has 132 valence electrons. The van der Waals surface area contributed by atoms with Crippen LogP contribution in [-0.2, 0) is 6.54 Å². The first-order chi connectivity index (χ1) is 12.7. The first-order valence-electron chi connectivity index (χ1n) is 8.48. The second-order valence-corrected chi connectivity index (χ2v) is 6.11. The fourth-order valence-electron chi connectivity index (χ4n) is 3.10. The Kier molecular flexibility index (Phi) is 4.35. The van der Waals surface area contributed by atoms with E-state index >= 15 is 0 Å². The van der Waals surface area contributed by atoms with Crippen molar-refractivity contribution in [3.05, 3.63) is 71.9 Å². The predicted octanol–water partition coefficient (Wildman–Crippen LogP) is 2.87. The Morgan fingerprint density at radius 3 is 2.81 bits per heavy atom. The summed E-state index contributed by atoms with van der Waals surface area (Å²) in [6.45, 7) is 1.30. The Labute approximate surface area is 150 Å². The number of aromatic nitrogens is 3. The van der Waals surface area contributed by atoms with Gasteiger partial charge in [-0.2, -0.15) is 0 Å². The molecule has 0 saturated heterocycles. The van der Waals surface area contributed by atoms with E-state index in [1.165, 1.54) is 6.07 Å². The first-order valence-corrected chi connectivity index (χ1v) is 8.48. The molecule has 1 aliphatic rings. The molecule has 0 fully saturated rings. The number of carbonyl (C=O) groups is 1. The molecule has 2 aromatic heterocycles. The maximum atomic E-state index is 13.9. The minimum atomic E-state index is -0.227. The lowest BCUT2D eigenvalue weighted by Crippen LogP contribution is -2.42. The van der Waals surface area contributed by atoms with Gasteiger partial charge in [0, 0.05) is 24.8 Å². The molecule has 6 nitrogen and oxygen atoms in total. The lowest BCUT2D eigenvalue weighted by molar-refractivity contribution is 0.202. The van der Waals surface area contributed by atoms with E-state index in [0.717, 1.165) is 11.2 Å². The molecule has 26 heavy (non-hydrogen) atoms. The van der Waals surface area contributed by atoms with E-state index in [4.69, 9.17) is 0 Å². The highest BCUT2D eigenvalue weighted by Crippen LogP contribution is 2.24. The Bertz CT molecular complexity index is 981. The number of pyridine rings is 1. The molecule has 1 N–H and O–H groups in total. The molecule has 3 heterocycles. The normalized spacial score (nSPS) is 14.3. The number of amides is 2. The zero-order valence-electron chi connectivity index (χ0n) is 14.1. The van der Waals surface area contributed by atoms with Crippen LogP contribution in [0, 0.1) is 5.82 Å². The van der Waals surface area contributed by atoms with E-state index in [1.807, 2.05) is 40.9 Å². The number of halogens is 1. The highest BCUT2D eigenvalue weighted by atomic mass is 19.1. The number of rotatable bonds is 3. The molecular formula is C19H18FN5O. The van der Waals surface area contributed by atoms with Gasteiger partial charge in [0.15, 0.2) is 11.5 Å². The second-order valence-electron chi connectivity index (χ2n) is 6.11. The Balaban J connectivity index is 1.38. The standard InChI is InChI=1S/C19H18FN5O/c20-16-6-2-1-5-15(16)14-8-11-24(12-9-14)19(26)21-13-18-23-22-17-7-3-4-10-25(17)18/h1-8,10H,9,11-13H2,(H,21,26). The molecule has 0 atom stereocenters. The van der Waals surface area contributed by atoms with Crippen molar-refractivity contribution in [3.63, 3.8) is 0 Å². The fraction of sp³-hybridized carbons (Fsp3) is 0.211. The minimum absolute atomic E-state index is 0.165. The highest BCUT2D eigenvalue weighted by Gasteiger charge is 2.19. The highest BCUT2D eigenvalue weighted by molar-refractivity contribution is 5.76. The van der Waals surface area contributed by atoms with Crippen molar-refractivity contribution in [1.29, 1.82) is 0 Å². The van der Waals surface area contributed by atoms with Crippen molar-refractivity contribution >= 4 is 17.3 Å². The molecule has 1 aliphatic heterocycles. The van der Waals surface area contributed by atoms with Gasteiger partial charge in [0.2, 0.25) is 0 Å². The largest absolute Gasteiger partial charge is 0.331 e. The summed E-state index contributed by atoms with van der Waals surface area (Å²) in [6.07, 6.45) is 4.40. The number of fused-ring (bicyclic) bond motifs is 1. The number of urea groups is 1.